The highest BCUT2D eigenvalue weighted by Gasteiger charge is 2.43. The van der Waals surface area contributed by atoms with E-state index < -0.39 is 17.8 Å². The van der Waals surface area contributed by atoms with Crippen molar-refractivity contribution < 1.29 is 32.3 Å². The van der Waals surface area contributed by atoms with Crippen LogP contribution in [0.4, 0.5) is 19.0 Å². The van der Waals surface area contributed by atoms with Crippen molar-refractivity contribution in [1.29, 1.82) is 0 Å². The molecule has 3 rings (SSSR count). The lowest BCUT2D eigenvalue weighted by atomic mass is 10.1. The van der Waals surface area contributed by atoms with Crippen molar-refractivity contribution in [3.63, 3.8) is 0 Å². The summed E-state index contributed by atoms with van der Waals surface area (Å²) in [4.78, 5) is 33.0. The maximum atomic E-state index is 12.4. The third-order valence-corrected chi connectivity index (χ3v) is 4.26. The molecule has 1 fully saturated rings. The number of amides is 1. The highest BCUT2D eigenvalue weighted by molar-refractivity contribution is 5.93. The number of aromatic nitrogens is 1. The molecule has 1 aliphatic carbocycles. The summed E-state index contributed by atoms with van der Waals surface area (Å²) in [6.45, 7) is 3.48. The van der Waals surface area contributed by atoms with E-state index in [1.54, 1.807) is 19.9 Å². The second-order valence-corrected chi connectivity index (χ2v) is 7.20. The second-order valence-electron chi connectivity index (χ2n) is 7.20. The first-order valence-electron chi connectivity index (χ1n) is 9.18. The largest absolute Gasteiger partial charge is 0.573 e. The average Bonchev–Trinajstić information content (AvgIpc) is 3.45. The second kappa shape index (κ2) is 8.31. The van der Waals surface area contributed by atoms with E-state index in [-0.39, 0.29) is 17.5 Å². The summed E-state index contributed by atoms with van der Waals surface area (Å²) in [6.07, 6.45) is -2.95. The van der Waals surface area contributed by atoms with Gasteiger partial charge in [0.1, 0.15) is 23.5 Å². The number of carbonyl (C=O) groups is 2. The van der Waals surface area contributed by atoms with Gasteiger partial charge in [0.15, 0.2) is 0 Å². The minimum Gasteiger partial charge on any atom is -0.406 e. The molecule has 2 N–H and O–H groups in total. The number of rotatable bonds is 8. The molecule has 160 valence electrons. The molecule has 0 bridgehead atoms. The molecule has 0 aliphatic heterocycles. The Morgan fingerprint density at radius 1 is 1.17 bits per heavy atom. The van der Waals surface area contributed by atoms with Crippen molar-refractivity contribution in [1.82, 2.24) is 10.5 Å². The van der Waals surface area contributed by atoms with Crippen LogP contribution in [0.5, 0.6) is 5.75 Å². The van der Waals surface area contributed by atoms with Crippen molar-refractivity contribution in [3.8, 4) is 16.9 Å². The van der Waals surface area contributed by atoms with Crippen LogP contribution in [0, 0.1) is 0 Å². The minimum atomic E-state index is -4.79. The number of pyridine rings is 1. The zero-order valence-electron chi connectivity index (χ0n) is 16.2. The molecule has 1 aromatic heterocycles. The van der Waals surface area contributed by atoms with Crippen molar-refractivity contribution in [2.75, 3.05) is 5.32 Å². The molecule has 0 saturated heterocycles. The number of benzene rings is 1. The van der Waals surface area contributed by atoms with Gasteiger partial charge in [-0.2, -0.15) is 0 Å². The van der Waals surface area contributed by atoms with E-state index in [1.807, 2.05) is 0 Å². The standard InChI is InChI=1S/C20H20F3N3O4/c1-12(2)30-26-18(28)16-9-14(10-17(24-16)25-19(11-27)7-8-19)13-3-5-15(6-4-13)29-20(21,22)23/h3-6,9-12H,7-8H2,1-2H3,(H,24,25)(H,26,28). The highest BCUT2D eigenvalue weighted by atomic mass is 19.4. The average molecular weight is 423 g/mol. The van der Waals surface area contributed by atoms with E-state index in [2.05, 4.69) is 20.5 Å². The van der Waals surface area contributed by atoms with Gasteiger partial charge in [0.25, 0.3) is 5.91 Å². The lowest BCUT2D eigenvalue weighted by molar-refractivity contribution is -0.274. The summed E-state index contributed by atoms with van der Waals surface area (Å²) in [6, 6.07) is 8.29. The summed E-state index contributed by atoms with van der Waals surface area (Å²) in [5, 5.41) is 3.02. The maximum absolute atomic E-state index is 12.4. The first kappa shape index (κ1) is 21.6. The third-order valence-electron chi connectivity index (χ3n) is 4.26. The van der Waals surface area contributed by atoms with Gasteiger partial charge in [-0.25, -0.2) is 10.5 Å². The first-order valence-corrected chi connectivity index (χ1v) is 9.18. The number of hydroxylamine groups is 1. The Labute approximate surface area is 170 Å². The number of ether oxygens (including phenoxy) is 1. The van der Waals surface area contributed by atoms with Gasteiger partial charge in [-0.05, 0) is 62.1 Å². The van der Waals surface area contributed by atoms with Gasteiger partial charge in [-0.3, -0.25) is 9.63 Å². The van der Waals surface area contributed by atoms with E-state index in [0.717, 1.165) is 6.29 Å². The number of nitrogens with one attached hydrogen (secondary N) is 2. The SMILES string of the molecule is CC(C)ONC(=O)c1cc(-c2ccc(OC(F)(F)F)cc2)cc(NC2(C=O)CC2)n1. The lowest BCUT2D eigenvalue weighted by Crippen LogP contribution is -2.29. The fourth-order valence-corrected chi connectivity index (χ4v) is 2.61. The van der Waals surface area contributed by atoms with E-state index in [0.29, 0.717) is 29.8 Å². The summed E-state index contributed by atoms with van der Waals surface area (Å²) < 4.78 is 41.0. The summed E-state index contributed by atoms with van der Waals surface area (Å²) in [7, 11) is 0. The number of anilines is 1. The van der Waals surface area contributed by atoms with Crippen LogP contribution in [0.3, 0.4) is 0 Å². The molecular weight excluding hydrogens is 403 g/mol. The van der Waals surface area contributed by atoms with Crippen molar-refractivity contribution in [2.45, 2.75) is 44.7 Å². The maximum Gasteiger partial charge on any atom is 0.573 e. The monoisotopic (exact) mass is 423 g/mol. The number of hydrogen-bond donors (Lipinski definition) is 2. The minimum absolute atomic E-state index is 0.0213. The Bertz CT molecular complexity index is 926. The molecule has 0 unspecified atom stereocenters. The molecule has 2 aromatic rings. The van der Waals surface area contributed by atoms with Crippen LogP contribution in [0.2, 0.25) is 0 Å². The van der Waals surface area contributed by atoms with Crippen LogP contribution in [0.25, 0.3) is 11.1 Å². The summed E-state index contributed by atoms with van der Waals surface area (Å²) in [5.41, 5.74) is 2.65. The Hall–Kier alpha value is -3.14. The van der Waals surface area contributed by atoms with Crippen LogP contribution in [-0.4, -0.2) is 35.2 Å². The van der Waals surface area contributed by atoms with Crippen molar-refractivity contribution >= 4 is 18.0 Å². The number of halogens is 3. The molecule has 0 atom stereocenters. The Balaban J connectivity index is 1.91. The molecule has 1 heterocycles. The quantitative estimate of drug-likeness (QED) is 0.495. The van der Waals surface area contributed by atoms with Crippen LogP contribution < -0.4 is 15.5 Å². The van der Waals surface area contributed by atoms with Gasteiger partial charge in [-0.1, -0.05) is 12.1 Å². The van der Waals surface area contributed by atoms with E-state index in [9.17, 15) is 22.8 Å². The van der Waals surface area contributed by atoms with Gasteiger partial charge in [0.2, 0.25) is 0 Å². The fourth-order valence-electron chi connectivity index (χ4n) is 2.61. The molecule has 1 amide bonds. The van der Waals surface area contributed by atoms with Crippen LogP contribution >= 0.6 is 0 Å². The number of hydrogen-bond acceptors (Lipinski definition) is 6. The number of nitrogens with zero attached hydrogens (tertiary/aromatic N) is 1. The molecule has 0 radical (unpaired) electrons. The molecule has 1 aromatic carbocycles. The van der Waals surface area contributed by atoms with Crippen molar-refractivity contribution in [3.05, 3.63) is 42.1 Å². The number of carbonyl (C=O) groups excluding carboxylic acids is 2. The summed E-state index contributed by atoms with van der Waals surface area (Å²) in [5.74, 6) is -0.663. The van der Waals surface area contributed by atoms with Crippen molar-refractivity contribution in [2.24, 2.45) is 0 Å². The molecule has 1 aliphatic rings. The Kier molecular flexibility index (Phi) is 5.97. The Morgan fingerprint density at radius 2 is 1.83 bits per heavy atom. The molecule has 30 heavy (non-hydrogen) atoms. The predicted molar refractivity (Wildman–Crippen MR) is 102 cm³/mol. The molecular formula is C20H20F3N3O4. The van der Waals surface area contributed by atoms with Gasteiger partial charge in [0.05, 0.1) is 11.6 Å². The molecule has 1 saturated carbocycles. The lowest BCUT2D eigenvalue weighted by Gasteiger charge is -2.15. The van der Waals surface area contributed by atoms with Gasteiger partial charge >= 0.3 is 6.36 Å². The van der Waals surface area contributed by atoms with Gasteiger partial charge < -0.3 is 14.8 Å². The topological polar surface area (TPSA) is 89.5 Å². The number of alkyl halides is 3. The van der Waals surface area contributed by atoms with E-state index in [4.69, 9.17) is 4.84 Å². The predicted octanol–water partition coefficient (Wildman–Crippen LogP) is 3.86. The molecule has 10 heteroatoms. The van der Waals surface area contributed by atoms with E-state index >= 15 is 0 Å². The zero-order valence-corrected chi connectivity index (χ0v) is 16.2. The normalized spacial score (nSPS) is 14.9. The third kappa shape index (κ3) is 5.69. The Morgan fingerprint density at radius 3 is 2.37 bits per heavy atom. The highest BCUT2D eigenvalue weighted by Crippen LogP contribution is 2.37. The molecule has 0 spiro atoms. The van der Waals surface area contributed by atoms with E-state index in [1.165, 1.54) is 30.3 Å². The van der Waals surface area contributed by atoms with Crippen LogP contribution in [0.1, 0.15) is 37.2 Å². The van der Waals surface area contributed by atoms with Crippen LogP contribution in [-0.2, 0) is 9.63 Å². The van der Waals surface area contributed by atoms with Gasteiger partial charge in [0, 0.05) is 0 Å². The van der Waals surface area contributed by atoms with Gasteiger partial charge in [-0.15, -0.1) is 13.2 Å². The van der Waals surface area contributed by atoms with Crippen LogP contribution in [0.15, 0.2) is 36.4 Å². The summed E-state index contributed by atoms with van der Waals surface area (Å²) >= 11 is 0. The number of aldehydes is 1. The first-order chi connectivity index (χ1) is 14.1. The molecule has 7 nitrogen and oxygen atoms in total. The fraction of sp³-hybridized carbons (Fsp3) is 0.350. The zero-order chi connectivity index (χ0) is 21.9. The smallest absolute Gasteiger partial charge is 0.406 e.